The van der Waals surface area contributed by atoms with E-state index in [4.69, 9.17) is 10.3 Å². The van der Waals surface area contributed by atoms with Gasteiger partial charge in [0.1, 0.15) is 0 Å². The summed E-state index contributed by atoms with van der Waals surface area (Å²) in [5.74, 6) is 1.12. The SMILES string of the molecule is Nc1ccc(-c2nc(Cc3ccccn3)no2)s1. The van der Waals surface area contributed by atoms with Gasteiger partial charge in [0.25, 0.3) is 5.89 Å². The Morgan fingerprint density at radius 3 is 2.89 bits per heavy atom. The summed E-state index contributed by atoms with van der Waals surface area (Å²) in [5.41, 5.74) is 6.58. The summed E-state index contributed by atoms with van der Waals surface area (Å²) in [6, 6.07) is 9.43. The van der Waals surface area contributed by atoms with Crippen molar-refractivity contribution in [3.8, 4) is 10.8 Å². The van der Waals surface area contributed by atoms with Gasteiger partial charge < -0.3 is 10.3 Å². The molecule has 6 heteroatoms. The molecule has 3 heterocycles. The third-order valence-corrected chi connectivity index (χ3v) is 3.27. The number of nitrogens with zero attached hydrogens (tertiary/aromatic N) is 3. The smallest absolute Gasteiger partial charge is 0.268 e. The van der Waals surface area contributed by atoms with E-state index in [9.17, 15) is 0 Å². The summed E-state index contributed by atoms with van der Waals surface area (Å²) in [4.78, 5) is 9.43. The third-order valence-electron chi connectivity index (χ3n) is 2.37. The molecule has 3 rings (SSSR count). The molecule has 3 aromatic heterocycles. The monoisotopic (exact) mass is 258 g/mol. The van der Waals surface area contributed by atoms with E-state index in [0.717, 1.165) is 15.6 Å². The molecule has 0 bridgehead atoms. The molecule has 0 atom stereocenters. The lowest BCUT2D eigenvalue weighted by molar-refractivity contribution is 0.424. The number of nitrogens with two attached hydrogens (primary N) is 1. The van der Waals surface area contributed by atoms with Gasteiger partial charge in [-0.2, -0.15) is 4.98 Å². The van der Waals surface area contributed by atoms with Gasteiger partial charge in [0, 0.05) is 11.9 Å². The maximum Gasteiger partial charge on any atom is 0.268 e. The Morgan fingerprint density at radius 1 is 1.22 bits per heavy atom. The standard InChI is InChI=1S/C12H10N4OS/c13-10-5-4-9(18-10)12-15-11(16-17-12)7-8-3-1-2-6-14-8/h1-6H,7,13H2. The first-order valence-corrected chi connectivity index (χ1v) is 6.21. The summed E-state index contributed by atoms with van der Waals surface area (Å²) in [7, 11) is 0. The van der Waals surface area contributed by atoms with Crippen molar-refractivity contribution < 1.29 is 4.52 Å². The highest BCUT2D eigenvalue weighted by Crippen LogP contribution is 2.28. The van der Waals surface area contributed by atoms with Gasteiger partial charge in [-0.25, -0.2) is 0 Å². The normalized spacial score (nSPS) is 10.7. The summed E-state index contributed by atoms with van der Waals surface area (Å²) in [6.45, 7) is 0. The van der Waals surface area contributed by atoms with E-state index in [2.05, 4.69) is 15.1 Å². The van der Waals surface area contributed by atoms with Crippen LogP contribution in [-0.2, 0) is 6.42 Å². The topological polar surface area (TPSA) is 77.8 Å². The fraction of sp³-hybridized carbons (Fsp3) is 0.0833. The van der Waals surface area contributed by atoms with Gasteiger partial charge in [0.2, 0.25) is 0 Å². The number of rotatable bonds is 3. The van der Waals surface area contributed by atoms with Gasteiger partial charge in [-0.1, -0.05) is 11.2 Å². The minimum Gasteiger partial charge on any atom is -0.391 e. The number of anilines is 1. The van der Waals surface area contributed by atoms with Crippen molar-refractivity contribution in [1.29, 1.82) is 0 Å². The minimum absolute atomic E-state index is 0.502. The van der Waals surface area contributed by atoms with Crippen LogP contribution in [0.1, 0.15) is 11.5 Å². The summed E-state index contributed by atoms with van der Waals surface area (Å²) in [5, 5.41) is 4.67. The maximum absolute atomic E-state index is 5.66. The first kappa shape index (κ1) is 10.9. The number of nitrogen functional groups attached to an aromatic ring is 1. The zero-order valence-corrected chi connectivity index (χ0v) is 10.2. The largest absolute Gasteiger partial charge is 0.391 e. The molecule has 0 radical (unpaired) electrons. The van der Waals surface area contributed by atoms with Crippen molar-refractivity contribution in [2.45, 2.75) is 6.42 Å². The molecule has 90 valence electrons. The quantitative estimate of drug-likeness (QED) is 0.780. The Morgan fingerprint density at radius 2 is 2.17 bits per heavy atom. The fourth-order valence-electron chi connectivity index (χ4n) is 1.56. The van der Waals surface area contributed by atoms with Crippen LogP contribution in [0.5, 0.6) is 0 Å². The lowest BCUT2D eigenvalue weighted by Gasteiger charge is -1.92. The molecule has 0 aliphatic rings. The van der Waals surface area contributed by atoms with Crippen molar-refractivity contribution in [1.82, 2.24) is 15.1 Å². The second-order valence-electron chi connectivity index (χ2n) is 3.72. The molecule has 5 nitrogen and oxygen atoms in total. The first-order valence-electron chi connectivity index (χ1n) is 5.39. The van der Waals surface area contributed by atoms with E-state index in [1.807, 2.05) is 30.3 Å². The second kappa shape index (κ2) is 4.58. The van der Waals surface area contributed by atoms with Crippen LogP contribution >= 0.6 is 11.3 Å². The van der Waals surface area contributed by atoms with Crippen molar-refractivity contribution in [2.24, 2.45) is 0 Å². The van der Waals surface area contributed by atoms with Crippen LogP contribution in [0.2, 0.25) is 0 Å². The van der Waals surface area contributed by atoms with Crippen molar-refractivity contribution in [3.63, 3.8) is 0 Å². The zero-order valence-electron chi connectivity index (χ0n) is 9.41. The third kappa shape index (κ3) is 2.23. The molecule has 0 aromatic carbocycles. The van der Waals surface area contributed by atoms with Crippen molar-refractivity contribution in [2.75, 3.05) is 5.73 Å². The van der Waals surface area contributed by atoms with Gasteiger partial charge >= 0.3 is 0 Å². The molecule has 0 aliphatic heterocycles. The second-order valence-corrected chi connectivity index (χ2v) is 4.83. The number of thiophene rings is 1. The Labute approximate surface area is 107 Å². The lowest BCUT2D eigenvalue weighted by atomic mass is 10.2. The van der Waals surface area contributed by atoms with Gasteiger partial charge in [-0.05, 0) is 24.3 Å². The Balaban J connectivity index is 1.82. The zero-order chi connectivity index (χ0) is 12.4. The van der Waals surface area contributed by atoms with Crippen LogP contribution in [0, 0.1) is 0 Å². The van der Waals surface area contributed by atoms with Gasteiger partial charge in [0.05, 0.1) is 16.3 Å². The van der Waals surface area contributed by atoms with Crippen LogP contribution in [0.25, 0.3) is 10.8 Å². The first-order chi connectivity index (χ1) is 8.81. The predicted molar refractivity (Wildman–Crippen MR) is 69.1 cm³/mol. The average Bonchev–Trinajstić information content (AvgIpc) is 2.99. The summed E-state index contributed by atoms with van der Waals surface area (Å²) < 4.78 is 5.20. The highest BCUT2D eigenvalue weighted by molar-refractivity contribution is 7.19. The van der Waals surface area contributed by atoms with Crippen molar-refractivity contribution >= 4 is 16.3 Å². The van der Waals surface area contributed by atoms with E-state index in [-0.39, 0.29) is 0 Å². The van der Waals surface area contributed by atoms with Crippen LogP contribution in [0.4, 0.5) is 5.00 Å². The molecular weight excluding hydrogens is 248 g/mol. The molecule has 18 heavy (non-hydrogen) atoms. The van der Waals surface area contributed by atoms with Crippen molar-refractivity contribution in [3.05, 3.63) is 48.0 Å². The van der Waals surface area contributed by atoms with E-state index >= 15 is 0 Å². The van der Waals surface area contributed by atoms with Crippen LogP contribution in [-0.4, -0.2) is 15.1 Å². The highest BCUT2D eigenvalue weighted by Gasteiger charge is 2.11. The molecule has 0 fully saturated rings. The van der Waals surface area contributed by atoms with Crippen LogP contribution in [0.15, 0.2) is 41.1 Å². The molecule has 3 aromatic rings. The van der Waals surface area contributed by atoms with Crippen LogP contribution in [0.3, 0.4) is 0 Å². The van der Waals surface area contributed by atoms with Gasteiger partial charge in [-0.3, -0.25) is 4.98 Å². The molecular formula is C12H10N4OS. The minimum atomic E-state index is 0.502. The Kier molecular flexibility index (Phi) is 2.77. The molecule has 0 spiro atoms. The van der Waals surface area contributed by atoms with E-state index in [0.29, 0.717) is 18.1 Å². The molecule has 0 unspecified atom stereocenters. The van der Waals surface area contributed by atoms with Gasteiger partial charge in [-0.15, -0.1) is 11.3 Å². The Hall–Kier alpha value is -2.21. The van der Waals surface area contributed by atoms with Gasteiger partial charge in [0.15, 0.2) is 5.82 Å². The number of hydrogen-bond donors (Lipinski definition) is 1. The molecule has 2 N–H and O–H groups in total. The maximum atomic E-state index is 5.66. The van der Waals surface area contributed by atoms with Crippen LogP contribution < -0.4 is 5.73 Å². The predicted octanol–water partition coefficient (Wildman–Crippen LogP) is 2.37. The molecule has 0 saturated carbocycles. The van der Waals surface area contributed by atoms with E-state index < -0.39 is 0 Å². The number of aromatic nitrogens is 3. The Bertz CT molecular complexity index is 647. The summed E-state index contributed by atoms with van der Waals surface area (Å²) in [6.07, 6.45) is 2.31. The average molecular weight is 258 g/mol. The van der Waals surface area contributed by atoms with E-state index in [1.54, 1.807) is 6.20 Å². The molecule has 0 amide bonds. The summed E-state index contributed by atoms with van der Waals surface area (Å²) >= 11 is 1.43. The highest BCUT2D eigenvalue weighted by atomic mass is 32.1. The molecule has 0 saturated heterocycles. The molecule has 0 aliphatic carbocycles. The lowest BCUT2D eigenvalue weighted by Crippen LogP contribution is -1.92. The number of hydrogen-bond acceptors (Lipinski definition) is 6. The van der Waals surface area contributed by atoms with E-state index in [1.165, 1.54) is 11.3 Å². The number of pyridine rings is 1. The fourth-order valence-corrected chi connectivity index (χ4v) is 2.25.